The molecule has 132 valence electrons. The van der Waals surface area contributed by atoms with E-state index >= 15 is 0 Å². The molecular weight excluding hydrogens is 359 g/mol. The standard InChI is InChI=1S/C19H20Cl2N2O2/c1-2-3-4-11-22-18(24)13-5-7-14(8-6-13)19(25)23-17-12-15(20)9-10-16(17)21/h5-10,12H,2-4,11H2,1H3,(H,22,24)(H,23,25). The molecule has 0 bridgehead atoms. The predicted molar refractivity (Wildman–Crippen MR) is 103 cm³/mol. The van der Waals surface area contributed by atoms with E-state index in [1.165, 1.54) is 0 Å². The summed E-state index contributed by atoms with van der Waals surface area (Å²) in [7, 11) is 0. The summed E-state index contributed by atoms with van der Waals surface area (Å²) >= 11 is 11.9. The maximum Gasteiger partial charge on any atom is 0.255 e. The van der Waals surface area contributed by atoms with E-state index in [1.54, 1.807) is 42.5 Å². The van der Waals surface area contributed by atoms with Gasteiger partial charge < -0.3 is 10.6 Å². The van der Waals surface area contributed by atoms with Gasteiger partial charge in [0.15, 0.2) is 0 Å². The Bertz CT molecular complexity index is 746. The molecule has 2 N–H and O–H groups in total. The monoisotopic (exact) mass is 378 g/mol. The minimum atomic E-state index is -0.320. The molecule has 0 saturated heterocycles. The molecule has 0 radical (unpaired) electrons. The quantitative estimate of drug-likeness (QED) is 0.653. The second kappa shape index (κ2) is 9.44. The van der Waals surface area contributed by atoms with Crippen molar-refractivity contribution in [3.63, 3.8) is 0 Å². The Kier molecular flexibility index (Phi) is 7.29. The molecule has 0 aromatic heterocycles. The second-order valence-corrected chi connectivity index (χ2v) is 6.46. The average Bonchev–Trinajstić information content (AvgIpc) is 2.61. The number of amides is 2. The average molecular weight is 379 g/mol. The lowest BCUT2D eigenvalue weighted by Crippen LogP contribution is -2.24. The van der Waals surface area contributed by atoms with Gasteiger partial charge in [-0.25, -0.2) is 0 Å². The van der Waals surface area contributed by atoms with Crippen molar-refractivity contribution in [1.82, 2.24) is 5.32 Å². The fourth-order valence-electron chi connectivity index (χ4n) is 2.24. The van der Waals surface area contributed by atoms with Crippen molar-refractivity contribution < 1.29 is 9.59 Å². The number of hydrogen-bond donors (Lipinski definition) is 2. The normalized spacial score (nSPS) is 10.4. The molecule has 25 heavy (non-hydrogen) atoms. The van der Waals surface area contributed by atoms with E-state index < -0.39 is 0 Å². The lowest BCUT2D eigenvalue weighted by molar-refractivity contribution is 0.0951. The van der Waals surface area contributed by atoms with Crippen LogP contribution < -0.4 is 10.6 Å². The number of rotatable bonds is 7. The number of carbonyl (C=O) groups excluding carboxylic acids is 2. The van der Waals surface area contributed by atoms with Crippen molar-refractivity contribution in [2.24, 2.45) is 0 Å². The van der Waals surface area contributed by atoms with Crippen molar-refractivity contribution in [3.8, 4) is 0 Å². The topological polar surface area (TPSA) is 58.2 Å². The third kappa shape index (κ3) is 5.76. The van der Waals surface area contributed by atoms with Gasteiger partial charge >= 0.3 is 0 Å². The highest BCUT2D eigenvalue weighted by Gasteiger charge is 2.11. The van der Waals surface area contributed by atoms with Gasteiger partial charge in [-0.15, -0.1) is 0 Å². The molecule has 2 aromatic carbocycles. The SMILES string of the molecule is CCCCCNC(=O)c1ccc(C(=O)Nc2cc(Cl)ccc2Cl)cc1. The van der Waals surface area contributed by atoms with Gasteiger partial charge in [-0.3, -0.25) is 9.59 Å². The molecule has 0 saturated carbocycles. The Labute approximate surface area is 157 Å². The lowest BCUT2D eigenvalue weighted by atomic mass is 10.1. The molecule has 0 spiro atoms. The van der Waals surface area contributed by atoms with Gasteiger partial charge in [0.25, 0.3) is 11.8 Å². The van der Waals surface area contributed by atoms with E-state index in [0.29, 0.717) is 33.4 Å². The molecule has 0 heterocycles. The van der Waals surface area contributed by atoms with Gasteiger partial charge in [-0.05, 0) is 48.9 Å². The van der Waals surface area contributed by atoms with Gasteiger partial charge in [0.05, 0.1) is 10.7 Å². The first-order valence-electron chi connectivity index (χ1n) is 8.16. The first-order valence-corrected chi connectivity index (χ1v) is 8.91. The number of halogens is 2. The van der Waals surface area contributed by atoms with Gasteiger partial charge in [-0.2, -0.15) is 0 Å². The summed E-state index contributed by atoms with van der Waals surface area (Å²) in [6.45, 7) is 2.77. The maximum atomic E-state index is 12.3. The van der Waals surface area contributed by atoms with E-state index in [4.69, 9.17) is 23.2 Å². The Morgan fingerprint density at radius 1 is 0.920 bits per heavy atom. The smallest absolute Gasteiger partial charge is 0.255 e. The third-order valence-electron chi connectivity index (χ3n) is 3.65. The Morgan fingerprint density at radius 3 is 2.20 bits per heavy atom. The van der Waals surface area contributed by atoms with Gasteiger partial charge in [0, 0.05) is 22.7 Å². The maximum absolute atomic E-state index is 12.3. The zero-order chi connectivity index (χ0) is 18.2. The van der Waals surface area contributed by atoms with Crippen LogP contribution in [0.2, 0.25) is 10.0 Å². The van der Waals surface area contributed by atoms with E-state index in [-0.39, 0.29) is 11.8 Å². The second-order valence-electron chi connectivity index (χ2n) is 5.62. The molecule has 0 unspecified atom stereocenters. The summed E-state index contributed by atoms with van der Waals surface area (Å²) in [6.07, 6.45) is 3.16. The molecule has 2 amide bonds. The number of nitrogens with one attached hydrogen (secondary N) is 2. The van der Waals surface area contributed by atoms with Crippen molar-refractivity contribution in [2.45, 2.75) is 26.2 Å². The van der Waals surface area contributed by atoms with E-state index in [9.17, 15) is 9.59 Å². The highest BCUT2D eigenvalue weighted by molar-refractivity contribution is 6.35. The Hall–Kier alpha value is -2.04. The van der Waals surface area contributed by atoms with Crippen LogP contribution in [0.3, 0.4) is 0 Å². The van der Waals surface area contributed by atoms with Gasteiger partial charge in [-0.1, -0.05) is 43.0 Å². The highest BCUT2D eigenvalue weighted by Crippen LogP contribution is 2.25. The molecule has 0 aliphatic carbocycles. The van der Waals surface area contributed by atoms with Crippen LogP contribution in [0, 0.1) is 0 Å². The van der Waals surface area contributed by atoms with Crippen LogP contribution in [0.25, 0.3) is 0 Å². The van der Waals surface area contributed by atoms with Crippen LogP contribution in [-0.4, -0.2) is 18.4 Å². The summed E-state index contributed by atoms with van der Waals surface area (Å²) in [5.74, 6) is -0.458. The molecule has 4 nitrogen and oxygen atoms in total. The van der Waals surface area contributed by atoms with Crippen molar-refractivity contribution in [1.29, 1.82) is 0 Å². The van der Waals surface area contributed by atoms with Gasteiger partial charge in [0.2, 0.25) is 0 Å². The summed E-state index contributed by atoms with van der Waals surface area (Å²) in [6, 6.07) is 11.3. The van der Waals surface area contributed by atoms with Crippen LogP contribution in [0.15, 0.2) is 42.5 Å². The largest absolute Gasteiger partial charge is 0.352 e. The first kappa shape index (κ1) is 19.3. The number of carbonyl (C=O) groups is 2. The zero-order valence-corrected chi connectivity index (χ0v) is 15.5. The molecule has 6 heteroatoms. The van der Waals surface area contributed by atoms with Crippen molar-refractivity contribution in [3.05, 3.63) is 63.6 Å². The lowest BCUT2D eigenvalue weighted by Gasteiger charge is -2.09. The molecule has 2 aromatic rings. The first-order chi connectivity index (χ1) is 12.0. The summed E-state index contributed by atoms with van der Waals surface area (Å²) < 4.78 is 0. The minimum Gasteiger partial charge on any atom is -0.352 e. The van der Waals surface area contributed by atoms with Gasteiger partial charge in [0.1, 0.15) is 0 Å². The molecule has 0 aliphatic heterocycles. The number of hydrogen-bond acceptors (Lipinski definition) is 2. The fourth-order valence-corrected chi connectivity index (χ4v) is 2.58. The highest BCUT2D eigenvalue weighted by atomic mass is 35.5. The van der Waals surface area contributed by atoms with Crippen LogP contribution in [-0.2, 0) is 0 Å². The zero-order valence-electron chi connectivity index (χ0n) is 13.9. The predicted octanol–water partition coefficient (Wildman–Crippen LogP) is 5.17. The Balaban J connectivity index is 1.98. The molecule has 0 fully saturated rings. The van der Waals surface area contributed by atoms with Crippen LogP contribution in [0.1, 0.15) is 46.9 Å². The molecule has 0 aliphatic rings. The summed E-state index contributed by atoms with van der Waals surface area (Å²) in [5, 5.41) is 6.46. The van der Waals surface area contributed by atoms with Crippen LogP contribution in [0.4, 0.5) is 5.69 Å². The number of benzene rings is 2. The number of unbranched alkanes of at least 4 members (excludes halogenated alkanes) is 2. The molecule has 2 rings (SSSR count). The van der Waals surface area contributed by atoms with Crippen molar-refractivity contribution >= 4 is 40.7 Å². The number of anilines is 1. The van der Waals surface area contributed by atoms with Crippen LogP contribution in [0.5, 0.6) is 0 Å². The molecule has 0 atom stereocenters. The van der Waals surface area contributed by atoms with Crippen LogP contribution >= 0.6 is 23.2 Å². The van der Waals surface area contributed by atoms with Crippen molar-refractivity contribution in [2.75, 3.05) is 11.9 Å². The fraction of sp³-hybridized carbons (Fsp3) is 0.263. The van der Waals surface area contributed by atoms with E-state index in [1.807, 2.05) is 0 Å². The van der Waals surface area contributed by atoms with E-state index in [2.05, 4.69) is 17.6 Å². The Morgan fingerprint density at radius 2 is 1.56 bits per heavy atom. The third-order valence-corrected chi connectivity index (χ3v) is 4.22. The molecular formula is C19H20Cl2N2O2. The minimum absolute atomic E-state index is 0.138. The van der Waals surface area contributed by atoms with E-state index in [0.717, 1.165) is 19.3 Å². The summed E-state index contributed by atoms with van der Waals surface area (Å²) in [4.78, 5) is 24.3. The summed E-state index contributed by atoms with van der Waals surface area (Å²) in [5.41, 5.74) is 1.39.